The Balaban J connectivity index is 5.20. The van der Waals surface area contributed by atoms with Crippen molar-refractivity contribution in [3.05, 3.63) is 12.2 Å². The van der Waals surface area contributed by atoms with Crippen LogP contribution in [0.3, 0.4) is 0 Å². The van der Waals surface area contributed by atoms with E-state index in [1.807, 2.05) is 0 Å². The molecule has 0 atom stereocenters. The second-order valence-corrected chi connectivity index (χ2v) is 8.21. The van der Waals surface area contributed by atoms with Crippen LogP contribution in [0.25, 0.3) is 0 Å². The molecular weight excluding hydrogens is 380 g/mol. The average molecular weight is 417 g/mol. The first-order chi connectivity index (χ1) is 13.2. The summed E-state index contributed by atoms with van der Waals surface area (Å²) in [6.45, 7) is 16.9. The zero-order valence-corrected chi connectivity index (χ0v) is 19.0. The van der Waals surface area contributed by atoms with E-state index < -0.39 is 34.5 Å². The normalized spacial score (nSPS) is 12.3. The zero-order chi connectivity index (χ0) is 22.9. The van der Waals surface area contributed by atoms with E-state index in [-0.39, 0.29) is 25.4 Å². The minimum Gasteiger partial charge on any atom is -0.463 e. The van der Waals surface area contributed by atoms with Gasteiger partial charge in [-0.05, 0) is 55.4 Å². The van der Waals surface area contributed by atoms with Crippen molar-refractivity contribution in [2.24, 2.45) is 5.41 Å². The summed E-state index contributed by atoms with van der Waals surface area (Å²) >= 11 is 0. The molecule has 29 heavy (non-hydrogen) atoms. The standard InChI is InChI=1S/C21H36O8/c1-10-28-19(5,6)17(23)26-13-21(9,12-25-16(22)15(3)4)14-27-18(24)20(7,8)29-11-2/h3,10-14H2,1-2,4-9H3. The van der Waals surface area contributed by atoms with E-state index >= 15 is 0 Å². The first-order valence-electron chi connectivity index (χ1n) is 9.65. The maximum Gasteiger partial charge on any atom is 0.337 e. The second-order valence-electron chi connectivity index (χ2n) is 8.21. The van der Waals surface area contributed by atoms with Gasteiger partial charge in [-0.15, -0.1) is 0 Å². The molecule has 168 valence electrons. The van der Waals surface area contributed by atoms with Crippen molar-refractivity contribution in [3.63, 3.8) is 0 Å². The van der Waals surface area contributed by atoms with Gasteiger partial charge in [0.1, 0.15) is 19.8 Å². The Hall–Kier alpha value is -1.93. The summed E-state index contributed by atoms with van der Waals surface area (Å²) in [5.41, 5.74) is -2.99. The molecule has 0 aliphatic heterocycles. The SMILES string of the molecule is C=C(C)C(=O)OCC(C)(COC(=O)C(C)(C)OCC)COC(=O)C(C)(C)OCC. The Bertz CT molecular complexity index is 557. The fourth-order valence-electron chi connectivity index (χ4n) is 2.15. The average Bonchev–Trinajstić information content (AvgIpc) is 2.62. The molecule has 0 aromatic rings. The van der Waals surface area contributed by atoms with Crippen LogP contribution in [-0.4, -0.2) is 62.1 Å². The molecule has 0 aliphatic carbocycles. The summed E-state index contributed by atoms with van der Waals surface area (Å²) in [6.07, 6.45) is 0. The summed E-state index contributed by atoms with van der Waals surface area (Å²) in [7, 11) is 0. The van der Waals surface area contributed by atoms with Crippen LogP contribution in [-0.2, 0) is 38.1 Å². The monoisotopic (exact) mass is 416 g/mol. The van der Waals surface area contributed by atoms with Gasteiger partial charge in [0.15, 0.2) is 11.2 Å². The third kappa shape index (κ3) is 9.41. The number of ether oxygens (including phenoxy) is 5. The molecule has 0 radical (unpaired) electrons. The fourth-order valence-corrected chi connectivity index (χ4v) is 2.15. The van der Waals surface area contributed by atoms with Gasteiger partial charge in [0, 0.05) is 18.8 Å². The van der Waals surface area contributed by atoms with E-state index in [4.69, 9.17) is 23.7 Å². The number of esters is 3. The van der Waals surface area contributed by atoms with E-state index in [1.165, 1.54) is 6.92 Å². The fraction of sp³-hybridized carbons (Fsp3) is 0.762. The first-order valence-corrected chi connectivity index (χ1v) is 9.65. The van der Waals surface area contributed by atoms with E-state index in [0.29, 0.717) is 13.2 Å². The molecule has 0 rings (SSSR count). The predicted octanol–water partition coefficient (Wildman–Crippen LogP) is 2.83. The number of hydrogen-bond acceptors (Lipinski definition) is 8. The lowest BCUT2D eigenvalue weighted by Crippen LogP contribution is -2.44. The Labute approximate surface area is 173 Å². The van der Waals surface area contributed by atoms with Crippen LogP contribution < -0.4 is 0 Å². The molecule has 0 saturated carbocycles. The van der Waals surface area contributed by atoms with E-state index in [9.17, 15) is 14.4 Å². The summed E-state index contributed by atoms with van der Waals surface area (Å²) in [4.78, 5) is 36.4. The van der Waals surface area contributed by atoms with E-state index in [2.05, 4.69) is 6.58 Å². The van der Waals surface area contributed by atoms with Crippen molar-refractivity contribution < 1.29 is 38.1 Å². The molecule has 0 saturated heterocycles. The molecule has 0 aromatic heterocycles. The lowest BCUT2D eigenvalue weighted by atomic mass is 9.94. The first kappa shape index (κ1) is 27.1. The Morgan fingerprint density at radius 1 is 0.724 bits per heavy atom. The van der Waals surface area contributed by atoms with Crippen molar-refractivity contribution >= 4 is 17.9 Å². The minimum atomic E-state index is -1.13. The minimum absolute atomic E-state index is 0.136. The molecule has 0 aliphatic rings. The summed E-state index contributed by atoms with van der Waals surface area (Å²) in [5, 5.41) is 0. The van der Waals surface area contributed by atoms with Crippen molar-refractivity contribution in [2.45, 2.75) is 66.6 Å². The van der Waals surface area contributed by atoms with Crippen LogP contribution in [0, 0.1) is 5.41 Å². The van der Waals surface area contributed by atoms with Crippen LogP contribution in [0.2, 0.25) is 0 Å². The highest BCUT2D eigenvalue weighted by atomic mass is 16.6. The lowest BCUT2D eigenvalue weighted by Gasteiger charge is -2.31. The third-order valence-corrected chi connectivity index (χ3v) is 4.00. The number of rotatable bonds is 13. The number of hydrogen-bond donors (Lipinski definition) is 0. The number of carbonyl (C=O) groups is 3. The summed E-state index contributed by atoms with van der Waals surface area (Å²) < 4.78 is 26.7. The van der Waals surface area contributed by atoms with Gasteiger partial charge in [0.05, 0.1) is 5.41 Å². The number of carbonyl (C=O) groups excluding carboxylic acids is 3. The quantitative estimate of drug-likeness (QED) is 0.257. The van der Waals surface area contributed by atoms with Crippen molar-refractivity contribution in [3.8, 4) is 0 Å². The van der Waals surface area contributed by atoms with Gasteiger partial charge in [-0.25, -0.2) is 14.4 Å². The molecule has 0 fully saturated rings. The Kier molecular flexibility index (Phi) is 10.6. The van der Waals surface area contributed by atoms with Crippen LogP contribution >= 0.6 is 0 Å². The highest BCUT2D eigenvalue weighted by molar-refractivity contribution is 5.87. The molecule has 0 N–H and O–H groups in total. The molecule has 0 spiro atoms. The molecule has 0 bridgehead atoms. The van der Waals surface area contributed by atoms with Gasteiger partial charge in [-0.1, -0.05) is 6.58 Å². The van der Waals surface area contributed by atoms with Gasteiger partial charge >= 0.3 is 17.9 Å². The topological polar surface area (TPSA) is 97.4 Å². The Morgan fingerprint density at radius 3 is 1.38 bits per heavy atom. The highest BCUT2D eigenvalue weighted by Crippen LogP contribution is 2.23. The van der Waals surface area contributed by atoms with Crippen LogP contribution in [0.4, 0.5) is 0 Å². The highest BCUT2D eigenvalue weighted by Gasteiger charge is 2.37. The molecule has 0 heterocycles. The largest absolute Gasteiger partial charge is 0.463 e. The van der Waals surface area contributed by atoms with Crippen molar-refractivity contribution in [1.82, 2.24) is 0 Å². The van der Waals surface area contributed by atoms with Crippen LogP contribution in [0.5, 0.6) is 0 Å². The van der Waals surface area contributed by atoms with E-state index in [1.54, 1.807) is 48.5 Å². The maximum atomic E-state index is 12.3. The van der Waals surface area contributed by atoms with Gasteiger partial charge in [0.25, 0.3) is 0 Å². The predicted molar refractivity (Wildman–Crippen MR) is 107 cm³/mol. The Morgan fingerprint density at radius 2 is 1.07 bits per heavy atom. The second kappa shape index (κ2) is 11.3. The maximum absolute atomic E-state index is 12.3. The van der Waals surface area contributed by atoms with Crippen LogP contribution in [0.15, 0.2) is 12.2 Å². The van der Waals surface area contributed by atoms with Crippen molar-refractivity contribution in [2.75, 3.05) is 33.0 Å². The van der Waals surface area contributed by atoms with Gasteiger partial charge in [-0.2, -0.15) is 0 Å². The molecule has 0 aromatic carbocycles. The molecule has 8 heteroatoms. The molecule has 0 unspecified atom stereocenters. The van der Waals surface area contributed by atoms with Crippen LogP contribution in [0.1, 0.15) is 55.4 Å². The van der Waals surface area contributed by atoms with Gasteiger partial charge < -0.3 is 23.7 Å². The third-order valence-electron chi connectivity index (χ3n) is 4.00. The summed E-state index contributed by atoms with van der Waals surface area (Å²) in [6, 6.07) is 0. The molecular formula is C21H36O8. The molecule has 8 nitrogen and oxygen atoms in total. The zero-order valence-electron chi connectivity index (χ0n) is 19.0. The van der Waals surface area contributed by atoms with Gasteiger partial charge in [-0.3, -0.25) is 0 Å². The smallest absolute Gasteiger partial charge is 0.337 e. The van der Waals surface area contributed by atoms with Gasteiger partial charge in [0.2, 0.25) is 0 Å². The molecule has 0 amide bonds. The summed E-state index contributed by atoms with van der Waals surface area (Å²) in [5.74, 6) is -1.73. The lowest BCUT2D eigenvalue weighted by molar-refractivity contribution is -0.180. The van der Waals surface area contributed by atoms with E-state index in [0.717, 1.165) is 0 Å². The van der Waals surface area contributed by atoms with Crippen molar-refractivity contribution in [1.29, 1.82) is 0 Å².